The fraction of sp³-hybridized carbons (Fsp3) is 0.739. The fourth-order valence-corrected chi connectivity index (χ4v) is 4.83. The number of likely N-dealkylation sites (tertiary alicyclic amines) is 1. The van der Waals surface area contributed by atoms with Gasteiger partial charge in [0.15, 0.2) is 0 Å². The van der Waals surface area contributed by atoms with Crippen molar-refractivity contribution in [1.29, 1.82) is 0 Å². The Labute approximate surface area is 185 Å². The summed E-state index contributed by atoms with van der Waals surface area (Å²) in [6.45, 7) is 11.1. The molecule has 1 amide bonds. The maximum atomic E-state index is 13.1. The smallest absolute Gasteiger partial charge is 0.255 e. The van der Waals surface area contributed by atoms with E-state index in [0.717, 1.165) is 69.2 Å². The molecule has 0 spiro atoms. The van der Waals surface area contributed by atoms with Crippen molar-refractivity contribution in [3.63, 3.8) is 0 Å². The predicted molar refractivity (Wildman–Crippen MR) is 117 cm³/mol. The Morgan fingerprint density at radius 3 is 2.23 bits per heavy atom. The minimum atomic E-state index is -0.342. The van der Waals surface area contributed by atoms with Crippen molar-refractivity contribution < 1.29 is 19.4 Å². The number of ether oxygens (including phenoxy) is 2. The van der Waals surface area contributed by atoms with Gasteiger partial charge in [-0.05, 0) is 45.0 Å². The number of amides is 1. The number of pyridine rings is 1. The number of piperidine rings is 1. The van der Waals surface area contributed by atoms with E-state index in [4.69, 9.17) is 14.5 Å². The first kappa shape index (κ1) is 22.6. The molecular formula is C23H36N4O4. The molecule has 3 fully saturated rings. The Kier molecular flexibility index (Phi) is 7.90. The highest BCUT2D eigenvalue weighted by Crippen LogP contribution is 2.30. The SMILES string of the molecule is Cc1ccc(C(=O)N2CCOCC2)c(C2CCN(CC(O)CN3CCOCC3)CC2)n1. The van der Waals surface area contributed by atoms with Crippen molar-refractivity contribution >= 4 is 5.91 Å². The van der Waals surface area contributed by atoms with Gasteiger partial charge in [0, 0.05) is 50.9 Å². The molecule has 0 aliphatic carbocycles. The normalized spacial score (nSPS) is 23.1. The van der Waals surface area contributed by atoms with Crippen LogP contribution in [0, 0.1) is 6.92 Å². The first-order chi connectivity index (χ1) is 15.1. The summed E-state index contributed by atoms with van der Waals surface area (Å²) in [5.74, 6) is 0.363. The van der Waals surface area contributed by atoms with E-state index >= 15 is 0 Å². The van der Waals surface area contributed by atoms with Crippen LogP contribution in [-0.2, 0) is 9.47 Å². The predicted octanol–water partition coefficient (Wildman–Crippen LogP) is 0.735. The molecule has 3 saturated heterocycles. The van der Waals surface area contributed by atoms with Crippen LogP contribution in [0.4, 0.5) is 0 Å². The largest absolute Gasteiger partial charge is 0.390 e. The molecule has 1 unspecified atom stereocenters. The number of morpholine rings is 2. The zero-order valence-electron chi connectivity index (χ0n) is 18.7. The topological polar surface area (TPSA) is 78.4 Å². The third-order valence-corrected chi connectivity index (χ3v) is 6.61. The lowest BCUT2D eigenvalue weighted by Crippen LogP contribution is -2.46. The molecule has 3 aliphatic rings. The molecule has 8 nitrogen and oxygen atoms in total. The van der Waals surface area contributed by atoms with Crippen LogP contribution in [-0.4, -0.2) is 116 Å². The molecule has 1 N–H and O–H groups in total. The second-order valence-corrected chi connectivity index (χ2v) is 8.93. The van der Waals surface area contributed by atoms with Crippen molar-refractivity contribution in [2.24, 2.45) is 0 Å². The average Bonchev–Trinajstić information content (AvgIpc) is 2.80. The van der Waals surface area contributed by atoms with E-state index < -0.39 is 0 Å². The monoisotopic (exact) mass is 432 g/mol. The molecular weight excluding hydrogens is 396 g/mol. The van der Waals surface area contributed by atoms with Crippen molar-refractivity contribution in [3.8, 4) is 0 Å². The summed E-state index contributed by atoms with van der Waals surface area (Å²) < 4.78 is 10.8. The summed E-state index contributed by atoms with van der Waals surface area (Å²) in [6, 6.07) is 3.89. The van der Waals surface area contributed by atoms with Gasteiger partial charge < -0.3 is 24.4 Å². The lowest BCUT2D eigenvalue weighted by atomic mass is 9.89. The van der Waals surface area contributed by atoms with Gasteiger partial charge in [-0.3, -0.25) is 14.7 Å². The Bertz CT molecular complexity index is 726. The minimum Gasteiger partial charge on any atom is -0.390 e. The first-order valence-electron chi connectivity index (χ1n) is 11.7. The molecule has 172 valence electrons. The molecule has 4 rings (SSSR count). The number of aromatic nitrogens is 1. The molecule has 8 heteroatoms. The van der Waals surface area contributed by atoms with E-state index in [-0.39, 0.29) is 17.9 Å². The summed E-state index contributed by atoms with van der Waals surface area (Å²) >= 11 is 0. The zero-order valence-corrected chi connectivity index (χ0v) is 18.7. The summed E-state index contributed by atoms with van der Waals surface area (Å²) in [7, 11) is 0. The Hall–Kier alpha value is -1.58. The van der Waals surface area contributed by atoms with Gasteiger partial charge in [0.1, 0.15) is 0 Å². The van der Waals surface area contributed by atoms with Crippen LogP contribution >= 0.6 is 0 Å². The quantitative estimate of drug-likeness (QED) is 0.710. The van der Waals surface area contributed by atoms with Crippen molar-refractivity contribution in [2.45, 2.75) is 31.8 Å². The third-order valence-electron chi connectivity index (χ3n) is 6.61. The molecule has 1 aromatic rings. The number of aliphatic hydroxyl groups is 1. The van der Waals surface area contributed by atoms with E-state index in [9.17, 15) is 9.90 Å². The zero-order chi connectivity index (χ0) is 21.6. The maximum absolute atomic E-state index is 13.1. The van der Waals surface area contributed by atoms with Gasteiger partial charge in [0.2, 0.25) is 0 Å². The van der Waals surface area contributed by atoms with E-state index in [2.05, 4.69) is 9.80 Å². The van der Waals surface area contributed by atoms with Crippen LogP contribution in [0.15, 0.2) is 12.1 Å². The number of β-amino-alcohol motifs (C(OH)–C–C–N with tert-alkyl or cyclic N) is 1. The second-order valence-electron chi connectivity index (χ2n) is 8.93. The highest BCUT2D eigenvalue weighted by atomic mass is 16.5. The molecule has 31 heavy (non-hydrogen) atoms. The van der Waals surface area contributed by atoms with E-state index in [1.807, 2.05) is 24.0 Å². The highest BCUT2D eigenvalue weighted by Gasteiger charge is 2.29. The van der Waals surface area contributed by atoms with Gasteiger partial charge in [-0.2, -0.15) is 0 Å². The maximum Gasteiger partial charge on any atom is 0.255 e. The third kappa shape index (κ3) is 6.02. The molecule has 1 atom stereocenters. The first-order valence-corrected chi connectivity index (χ1v) is 11.7. The number of hydrogen-bond donors (Lipinski definition) is 1. The Balaban J connectivity index is 1.33. The minimum absolute atomic E-state index is 0.0779. The summed E-state index contributed by atoms with van der Waals surface area (Å²) in [5, 5.41) is 10.5. The Morgan fingerprint density at radius 2 is 1.58 bits per heavy atom. The van der Waals surface area contributed by atoms with Crippen LogP contribution in [0.3, 0.4) is 0 Å². The Morgan fingerprint density at radius 1 is 1.00 bits per heavy atom. The molecule has 1 aromatic heterocycles. The summed E-state index contributed by atoms with van der Waals surface area (Å²) in [4.78, 5) is 24.5. The van der Waals surface area contributed by atoms with Crippen LogP contribution < -0.4 is 0 Å². The number of carbonyl (C=O) groups is 1. The molecule has 4 heterocycles. The molecule has 3 aliphatic heterocycles. The fourth-order valence-electron chi connectivity index (χ4n) is 4.83. The lowest BCUT2D eigenvalue weighted by Gasteiger charge is -2.35. The molecule has 0 aromatic carbocycles. The number of nitrogens with zero attached hydrogens (tertiary/aromatic N) is 4. The van der Waals surface area contributed by atoms with Crippen molar-refractivity contribution in [1.82, 2.24) is 19.7 Å². The molecule has 0 radical (unpaired) electrons. The van der Waals surface area contributed by atoms with E-state index in [1.54, 1.807) is 0 Å². The summed E-state index contributed by atoms with van der Waals surface area (Å²) in [5.41, 5.74) is 2.65. The average molecular weight is 433 g/mol. The number of aliphatic hydroxyl groups excluding tert-OH is 1. The van der Waals surface area contributed by atoms with Gasteiger partial charge in [-0.1, -0.05) is 0 Å². The molecule has 0 saturated carbocycles. The molecule has 0 bridgehead atoms. The van der Waals surface area contributed by atoms with Crippen LogP contribution in [0.5, 0.6) is 0 Å². The number of carbonyl (C=O) groups excluding carboxylic acids is 1. The van der Waals surface area contributed by atoms with Crippen LogP contribution in [0.25, 0.3) is 0 Å². The van der Waals surface area contributed by atoms with Gasteiger partial charge in [-0.25, -0.2) is 0 Å². The van der Waals surface area contributed by atoms with Gasteiger partial charge in [0.05, 0.1) is 43.8 Å². The van der Waals surface area contributed by atoms with Crippen molar-refractivity contribution in [3.05, 3.63) is 29.1 Å². The van der Waals surface area contributed by atoms with E-state index in [0.29, 0.717) is 39.4 Å². The van der Waals surface area contributed by atoms with Gasteiger partial charge in [-0.15, -0.1) is 0 Å². The highest BCUT2D eigenvalue weighted by molar-refractivity contribution is 5.95. The summed E-state index contributed by atoms with van der Waals surface area (Å²) in [6.07, 6.45) is 1.58. The van der Waals surface area contributed by atoms with Crippen LogP contribution in [0.2, 0.25) is 0 Å². The van der Waals surface area contributed by atoms with Gasteiger partial charge in [0.25, 0.3) is 5.91 Å². The lowest BCUT2D eigenvalue weighted by molar-refractivity contribution is 0.00505. The van der Waals surface area contributed by atoms with E-state index in [1.165, 1.54) is 0 Å². The second kappa shape index (κ2) is 10.8. The number of hydrogen-bond acceptors (Lipinski definition) is 7. The number of aryl methyl sites for hydroxylation is 1. The van der Waals surface area contributed by atoms with Gasteiger partial charge >= 0.3 is 0 Å². The number of rotatable bonds is 6. The van der Waals surface area contributed by atoms with Crippen molar-refractivity contribution in [2.75, 3.05) is 78.8 Å². The van der Waals surface area contributed by atoms with Crippen LogP contribution in [0.1, 0.15) is 40.5 Å². The standard InChI is InChI=1S/C23H36N4O4/c1-18-2-3-21(23(29)27-10-14-31-15-11-27)22(24-18)19-4-6-25(7-5-19)16-20(28)17-26-8-12-30-13-9-26/h2-3,19-20,28H,4-17H2,1H3.